The van der Waals surface area contributed by atoms with Crippen molar-refractivity contribution in [2.45, 2.75) is 18.3 Å². The summed E-state index contributed by atoms with van der Waals surface area (Å²) < 4.78 is 25.9. The van der Waals surface area contributed by atoms with Gasteiger partial charge in [0.05, 0.1) is 0 Å². The number of aromatic amines is 1. The highest BCUT2D eigenvalue weighted by molar-refractivity contribution is 5.92. The number of pyridine rings is 1. The highest BCUT2D eigenvalue weighted by atomic mass is 19.3. The van der Waals surface area contributed by atoms with Crippen LogP contribution in [-0.2, 0) is 0 Å². The third kappa shape index (κ3) is 3.45. The number of amides is 1. The summed E-state index contributed by atoms with van der Waals surface area (Å²) in [6.45, 7) is 0.910. The average Bonchev–Trinajstić information content (AvgIpc) is 3.36. The van der Waals surface area contributed by atoms with E-state index in [9.17, 15) is 13.6 Å². The number of alkyl halides is 2. The number of hydrogen-bond acceptors (Lipinski definition) is 3. The molecule has 138 valence electrons. The molecule has 0 bridgehead atoms. The van der Waals surface area contributed by atoms with Crippen molar-refractivity contribution in [1.82, 2.24) is 20.1 Å². The molecule has 1 saturated heterocycles. The Morgan fingerprint density at radius 3 is 2.48 bits per heavy atom. The van der Waals surface area contributed by atoms with E-state index < -0.39 is 6.43 Å². The lowest BCUT2D eigenvalue weighted by molar-refractivity contribution is 0.0783. The first-order valence-corrected chi connectivity index (χ1v) is 8.72. The van der Waals surface area contributed by atoms with Crippen LogP contribution >= 0.6 is 0 Å². The largest absolute Gasteiger partial charge is 0.336 e. The van der Waals surface area contributed by atoms with Gasteiger partial charge in [-0.2, -0.15) is 5.10 Å². The number of H-pyrrole nitrogens is 1. The van der Waals surface area contributed by atoms with Crippen molar-refractivity contribution in [3.63, 3.8) is 0 Å². The van der Waals surface area contributed by atoms with Crippen LogP contribution in [0.25, 0.3) is 0 Å². The zero-order chi connectivity index (χ0) is 18.8. The molecule has 2 aromatic heterocycles. The standard InChI is InChI=1S/C20H18F2N4O/c21-19(22)18-10-17(24-25-18)15-12-26(20(27)16-8-4-5-9-23-16)11-14(15)13-6-2-1-3-7-13/h1-10,14-15,19H,11-12H2,(H,24,25)/t14-,15+/m0/s1. The number of rotatable bonds is 4. The highest BCUT2D eigenvalue weighted by Crippen LogP contribution is 2.40. The van der Waals surface area contributed by atoms with E-state index in [4.69, 9.17) is 0 Å². The summed E-state index contributed by atoms with van der Waals surface area (Å²) in [5.41, 5.74) is 1.79. The Bertz CT molecular complexity index is 914. The van der Waals surface area contributed by atoms with Crippen molar-refractivity contribution < 1.29 is 13.6 Å². The first kappa shape index (κ1) is 17.3. The van der Waals surface area contributed by atoms with E-state index in [2.05, 4.69) is 15.2 Å². The molecule has 0 spiro atoms. The minimum Gasteiger partial charge on any atom is -0.336 e. The molecule has 0 aliphatic carbocycles. The maximum absolute atomic E-state index is 13.0. The van der Waals surface area contributed by atoms with Gasteiger partial charge in [-0.15, -0.1) is 0 Å². The summed E-state index contributed by atoms with van der Waals surface area (Å²) in [7, 11) is 0. The van der Waals surface area contributed by atoms with Crippen LogP contribution in [0, 0.1) is 0 Å². The first-order chi connectivity index (χ1) is 13.1. The molecule has 5 nitrogen and oxygen atoms in total. The van der Waals surface area contributed by atoms with E-state index in [0.717, 1.165) is 5.56 Å². The highest BCUT2D eigenvalue weighted by Gasteiger charge is 2.38. The Hall–Kier alpha value is -3.09. The van der Waals surface area contributed by atoms with Crippen LogP contribution in [0.3, 0.4) is 0 Å². The topological polar surface area (TPSA) is 61.9 Å². The van der Waals surface area contributed by atoms with Crippen molar-refractivity contribution in [1.29, 1.82) is 0 Å². The van der Waals surface area contributed by atoms with Gasteiger partial charge in [0.15, 0.2) is 0 Å². The Balaban J connectivity index is 1.65. The summed E-state index contributed by atoms with van der Waals surface area (Å²) in [4.78, 5) is 18.7. The lowest BCUT2D eigenvalue weighted by atomic mass is 9.87. The normalized spacial score (nSPS) is 19.6. The van der Waals surface area contributed by atoms with Crippen LogP contribution in [0.1, 0.15) is 45.7 Å². The molecule has 1 aromatic carbocycles. The second-order valence-corrected chi connectivity index (χ2v) is 6.60. The van der Waals surface area contributed by atoms with E-state index >= 15 is 0 Å². The molecule has 4 rings (SSSR count). The molecule has 1 N–H and O–H groups in total. The number of carbonyl (C=O) groups excluding carboxylic acids is 1. The van der Waals surface area contributed by atoms with E-state index in [1.54, 1.807) is 29.3 Å². The monoisotopic (exact) mass is 368 g/mol. The van der Waals surface area contributed by atoms with Gasteiger partial charge in [0, 0.05) is 36.8 Å². The van der Waals surface area contributed by atoms with E-state index in [1.165, 1.54) is 6.07 Å². The van der Waals surface area contributed by atoms with Gasteiger partial charge < -0.3 is 4.90 Å². The van der Waals surface area contributed by atoms with Crippen LogP contribution in [0.2, 0.25) is 0 Å². The van der Waals surface area contributed by atoms with Crippen LogP contribution in [0.15, 0.2) is 60.8 Å². The van der Waals surface area contributed by atoms with Crippen LogP contribution in [-0.4, -0.2) is 39.1 Å². The van der Waals surface area contributed by atoms with Crippen LogP contribution < -0.4 is 0 Å². The van der Waals surface area contributed by atoms with Gasteiger partial charge in [-0.25, -0.2) is 8.78 Å². The molecule has 1 fully saturated rings. The summed E-state index contributed by atoms with van der Waals surface area (Å²) in [6, 6.07) is 16.4. The Labute approximate surface area is 155 Å². The quantitative estimate of drug-likeness (QED) is 0.763. The molecule has 0 radical (unpaired) electrons. The molecule has 0 unspecified atom stereocenters. The number of halogens is 2. The van der Waals surface area contributed by atoms with Crippen molar-refractivity contribution in [3.05, 3.63) is 83.4 Å². The van der Waals surface area contributed by atoms with E-state index in [1.807, 2.05) is 30.3 Å². The third-order valence-electron chi connectivity index (χ3n) is 4.96. The van der Waals surface area contributed by atoms with E-state index in [-0.39, 0.29) is 23.4 Å². The zero-order valence-electron chi connectivity index (χ0n) is 14.4. The molecule has 27 heavy (non-hydrogen) atoms. The van der Waals surface area contributed by atoms with Gasteiger partial charge >= 0.3 is 0 Å². The lowest BCUT2D eigenvalue weighted by Crippen LogP contribution is -2.29. The second-order valence-electron chi connectivity index (χ2n) is 6.60. The maximum atomic E-state index is 13.0. The second kappa shape index (κ2) is 7.26. The van der Waals surface area contributed by atoms with Crippen molar-refractivity contribution >= 4 is 5.91 Å². The SMILES string of the molecule is O=C(c1ccccn1)N1C[C@@H](c2ccccc2)[C@H](c2cc(C(F)F)n[nH]2)C1. The number of aromatic nitrogens is 3. The lowest BCUT2D eigenvalue weighted by Gasteiger charge is -2.17. The minimum absolute atomic E-state index is 0.00941. The molecule has 1 aliphatic heterocycles. The Morgan fingerprint density at radius 1 is 1.07 bits per heavy atom. The molecule has 3 heterocycles. The fourth-order valence-corrected chi connectivity index (χ4v) is 3.63. The average molecular weight is 368 g/mol. The van der Waals surface area contributed by atoms with Crippen molar-refractivity contribution in [2.24, 2.45) is 0 Å². The minimum atomic E-state index is -2.63. The van der Waals surface area contributed by atoms with Gasteiger partial charge in [-0.3, -0.25) is 14.9 Å². The smallest absolute Gasteiger partial charge is 0.282 e. The van der Waals surface area contributed by atoms with Crippen LogP contribution in [0.4, 0.5) is 8.78 Å². The molecule has 3 aromatic rings. The molecule has 2 atom stereocenters. The number of carbonyl (C=O) groups is 1. The van der Waals surface area contributed by atoms with Gasteiger partial charge in [0.25, 0.3) is 12.3 Å². The van der Waals surface area contributed by atoms with Gasteiger partial charge in [-0.05, 0) is 23.8 Å². The molecule has 1 amide bonds. The number of benzene rings is 1. The number of likely N-dealkylation sites (tertiary alicyclic amines) is 1. The van der Waals surface area contributed by atoms with Gasteiger partial charge in [0.2, 0.25) is 0 Å². The predicted octanol–water partition coefficient (Wildman–Crippen LogP) is 3.77. The summed E-state index contributed by atoms with van der Waals surface area (Å²) in [5, 5.41) is 6.47. The van der Waals surface area contributed by atoms with Gasteiger partial charge in [0.1, 0.15) is 11.4 Å². The Morgan fingerprint density at radius 2 is 1.81 bits per heavy atom. The van der Waals surface area contributed by atoms with Gasteiger partial charge in [-0.1, -0.05) is 36.4 Å². The summed E-state index contributed by atoms with van der Waals surface area (Å²) in [5.74, 6) is -0.308. The number of nitrogens with zero attached hydrogens (tertiary/aromatic N) is 3. The molecule has 7 heteroatoms. The Kier molecular flexibility index (Phi) is 4.66. The molecule has 1 aliphatic rings. The van der Waals surface area contributed by atoms with Crippen LogP contribution in [0.5, 0.6) is 0 Å². The summed E-state index contributed by atoms with van der Waals surface area (Å²) in [6.07, 6.45) is -1.04. The number of nitrogens with one attached hydrogen (secondary N) is 1. The first-order valence-electron chi connectivity index (χ1n) is 8.72. The van der Waals surface area contributed by atoms with E-state index in [0.29, 0.717) is 24.5 Å². The predicted molar refractivity (Wildman–Crippen MR) is 95.6 cm³/mol. The summed E-state index contributed by atoms with van der Waals surface area (Å²) >= 11 is 0. The molecule has 0 saturated carbocycles. The molecular formula is C20H18F2N4O. The fourth-order valence-electron chi connectivity index (χ4n) is 3.63. The third-order valence-corrected chi connectivity index (χ3v) is 4.96. The van der Waals surface area contributed by atoms with Crippen molar-refractivity contribution in [3.8, 4) is 0 Å². The zero-order valence-corrected chi connectivity index (χ0v) is 14.4. The number of hydrogen-bond donors (Lipinski definition) is 1. The van der Waals surface area contributed by atoms with Crippen molar-refractivity contribution in [2.75, 3.05) is 13.1 Å². The maximum Gasteiger partial charge on any atom is 0.282 e. The molecular weight excluding hydrogens is 350 g/mol. The fraction of sp³-hybridized carbons (Fsp3) is 0.250.